The van der Waals surface area contributed by atoms with Crippen LogP contribution >= 0.6 is 0 Å². The Balaban J connectivity index is 1.54. The Kier molecular flexibility index (Phi) is 7.54. The fourth-order valence-corrected chi connectivity index (χ4v) is 3.19. The Labute approximate surface area is 181 Å². The van der Waals surface area contributed by atoms with Crippen LogP contribution in [0.25, 0.3) is 6.08 Å². The van der Waals surface area contributed by atoms with E-state index in [1.165, 1.54) is 13.2 Å². The van der Waals surface area contributed by atoms with Crippen molar-refractivity contribution in [1.29, 1.82) is 0 Å². The summed E-state index contributed by atoms with van der Waals surface area (Å²) in [4.78, 5) is 24.3. The van der Waals surface area contributed by atoms with E-state index in [1.54, 1.807) is 18.2 Å². The molecule has 0 radical (unpaired) electrons. The molecule has 0 aliphatic carbocycles. The maximum absolute atomic E-state index is 12.2. The maximum atomic E-state index is 12.2. The van der Waals surface area contributed by atoms with E-state index in [9.17, 15) is 9.59 Å². The number of benzene rings is 2. The highest BCUT2D eigenvalue weighted by Crippen LogP contribution is 2.40. The molecule has 7 heteroatoms. The molecule has 0 spiro atoms. The molecule has 1 amide bonds. The average Bonchev–Trinajstić information content (AvgIpc) is 2.79. The number of amides is 1. The summed E-state index contributed by atoms with van der Waals surface area (Å²) >= 11 is 0. The van der Waals surface area contributed by atoms with Gasteiger partial charge >= 0.3 is 5.97 Å². The normalized spacial score (nSPS) is 13.5. The van der Waals surface area contributed by atoms with Crippen LogP contribution < -0.4 is 19.5 Å². The molecule has 0 saturated heterocycles. The van der Waals surface area contributed by atoms with Gasteiger partial charge in [-0.25, -0.2) is 4.79 Å². The van der Waals surface area contributed by atoms with Crippen molar-refractivity contribution in [2.45, 2.75) is 26.3 Å². The standard InChI is InChI=1S/C24H27NO6/c1-4-19(18-8-5-16(2)6-9-18)25-22(26)15-31-23(27)10-7-17-13-20(28-3)24-21(14-17)29-11-12-30-24/h5-10,13-14,19H,4,11-12,15H2,1-3H3,(H,25,26)/b10-7+/t19-/m1/s1. The molecule has 1 N–H and O–H groups in total. The van der Waals surface area contributed by atoms with Gasteiger partial charge in [0.15, 0.2) is 18.1 Å². The van der Waals surface area contributed by atoms with Gasteiger partial charge in [-0.05, 0) is 42.7 Å². The smallest absolute Gasteiger partial charge is 0.331 e. The van der Waals surface area contributed by atoms with Gasteiger partial charge in [0.1, 0.15) is 13.2 Å². The number of nitrogens with one attached hydrogen (secondary N) is 1. The van der Waals surface area contributed by atoms with Gasteiger partial charge in [0.2, 0.25) is 5.75 Å². The molecule has 164 valence electrons. The first-order chi connectivity index (χ1) is 15.0. The number of carbonyl (C=O) groups excluding carboxylic acids is 2. The van der Waals surface area contributed by atoms with Crippen LogP contribution in [0.4, 0.5) is 0 Å². The lowest BCUT2D eigenvalue weighted by molar-refractivity contribution is -0.144. The molecule has 1 heterocycles. The Hall–Kier alpha value is -3.48. The summed E-state index contributed by atoms with van der Waals surface area (Å²) in [5.41, 5.74) is 2.86. The van der Waals surface area contributed by atoms with E-state index in [1.807, 2.05) is 38.1 Å². The van der Waals surface area contributed by atoms with E-state index in [-0.39, 0.29) is 18.6 Å². The molecule has 31 heavy (non-hydrogen) atoms. The third-order valence-corrected chi connectivity index (χ3v) is 4.83. The molecule has 1 atom stereocenters. The number of methoxy groups -OCH3 is 1. The summed E-state index contributed by atoms with van der Waals surface area (Å²) in [6.07, 6.45) is 3.56. The van der Waals surface area contributed by atoms with Gasteiger partial charge in [0.05, 0.1) is 13.2 Å². The highest BCUT2D eigenvalue weighted by atomic mass is 16.6. The van der Waals surface area contributed by atoms with Crippen molar-refractivity contribution >= 4 is 18.0 Å². The summed E-state index contributed by atoms with van der Waals surface area (Å²) in [7, 11) is 1.54. The fourth-order valence-electron chi connectivity index (χ4n) is 3.19. The summed E-state index contributed by atoms with van der Waals surface area (Å²) in [6.45, 7) is 4.55. The van der Waals surface area contributed by atoms with Gasteiger partial charge in [-0.3, -0.25) is 4.79 Å². The number of esters is 1. The lowest BCUT2D eigenvalue weighted by atomic mass is 10.0. The minimum Gasteiger partial charge on any atom is -0.493 e. The van der Waals surface area contributed by atoms with Crippen LogP contribution in [-0.4, -0.2) is 38.8 Å². The summed E-state index contributed by atoms with van der Waals surface area (Å²) in [5.74, 6) is 0.651. The Morgan fingerprint density at radius 3 is 2.61 bits per heavy atom. The van der Waals surface area contributed by atoms with Crippen LogP contribution in [-0.2, 0) is 14.3 Å². The largest absolute Gasteiger partial charge is 0.493 e. The van der Waals surface area contributed by atoms with Crippen molar-refractivity contribution in [3.05, 3.63) is 59.2 Å². The van der Waals surface area contributed by atoms with Crippen LogP contribution in [0.1, 0.15) is 36.1 Å². The van der Waals surface area contributed by atoms with Crippen LogP contribution in [0.2, 0.25) is 0 Å². The number of hydrogen-bond donors (Lipinski definition) is 1. The quantitative estimate of drug-likeness (QED) is 0.514. The number of aryl methyl sites for hydroxylation is 1. The second-order valence-corrected chi connectivity index (χ2v) is 7.13. The Bertz CT molecular complexity index is 934. The van der Waals surface area contributed by atoms with Gasteiger partial charge in [-0.2, -0.15) is 0 Å². The lowest BCUT2D eigenvalue weighted by Gasteiger charge is -2.20. The molecule has 1 aliphatic heterocycles. The van der Waals surface area contributed by atoms with E-state index in [0.29, 0.717) is 36.0 Å². The zero-order valence-corrected chi connectivity index (χ0v) is 18.0. The summed E-state index contributed by atoms with van der Waals surface area (Å²) < 4.78 is 21.5. The van der Waals surface area contributed by atoms with E-state index >= 15 is 0 Å². The predicted octanol–water partition coefficient (Wildman–Crippen LogP) is 3.60. The van der Waals surface area contributed by atoms with Crippen molar-refractivity contribution in [1.82, 2.24) is 5.32 Å². The Morgan fingerprint density at radius 2 is 1.90 bits per heavy atom. The number of fused-ring (bicyclic) bond motifs is 1. The highest BCUT2D eigenvalue weighted by Gasteiger charge is 2.18. The molecular formula is C24H27NO6. The van der Waals surface area contributed by atoms with Crippen LogP contribution in [0, 0.1) is 6.92 Å². The van der Waals surface area contributed by atoms with Gasteiger partial charge in [0, 0.05) is 6.08 Å². The van der Waals surface area contributed by atoms with Crippen molar-refractivity contribution in [3.8, 4) is 17.2 Å². The van der Waals surface area contributed by atoms with Gasteiger partial charge in [-0.1, -0.05) is 36.8 Å². The first-order valence-electron chi connectivity index (χ1n) is 10.2. The van der Waals surface area contributed by atoms with Crippen molar-refractivity contribution < 1.29 is 28.5 Å². The topological polar surface area (TPSA) is 83.1 Å². The van der Waals surface area contributed by atoms with Crippen LogP contribution in [0.15, 0.2) is 42.5 Å². The fraction of sp³-hybridized carbons (Fsp3) is 0.333. The molecule has 7 nitrogen and oxygen atoms in total. The second-order valence-electron chi connectivity index (χ2n) is 7.13. The molecule has 3 rings (SSSR count). The summed E-state index contributed by atoms with van der Waals surface area (Å²) in [5, 5.41) is 2.89. The lowest BCUT2D eigenvalue weighted by Crippen LogP contribution is -2.32. The number of hydrogen-bond acceptors (Lipinski definition) is 6. The average molecular weight is 425 g/mol. The molecule has 0 aromatic heterocycles. The van der Waals surface area contributed by atoms with Crippen LogP contribution in [0.5, 0.6) is 17.2 Å². The molecule has 0 fully saturated rings. The SMILES string of the molecule is CC[C@@H](NC(=O)COC(=O)/C=C/c1cc(OC)c2c(c1)OCCO2)c1ccc(C)cc1. The minimum absolute atomic E-state index is 0.132. The van der Waals surface area contributed by atoms with Crippen molar-refractivity contribution in [2.75, 3.05) is 26.9 Å². The number of rotatable bonds is 8. The zero-order valence-electron chi connectivity index (χ0n) is 18.0. The van der Waals surface area contributed by atoms with E-state index < -0.39 is 5.97 Å². The van der Waals surface area contributed by atoms with Crippen molar-refractivity contribution in [3.63, 3.8) is 0 Å². The molecule has 0 saturated carbocycles. The monoisotopic (exact) mass is 425 g/mol. The molecule has 0 bridgehead atoms. The van der Waals surface area contributed by atoms with E-state index in [4.69, 9.17) is 18.9 Å². The molecule has 2 aromatic rings. The predicted molar refractivity (Wildman–Crippen MR) is 116 cm³/mol. The third-order valence-electron chi connectivity index (χ3n) is 4.83. The van der Waals surface area contributed by atoms with Gasteiger partial charge in [-0.15, -0.1) is 0 Å². The first kappa shape index (κ1) is 22.2. The molecule has 0 unspecified atom stereocenters. The third kappa shape index (κ3) is 6.01. The zero-order chi connectivity index (χ0) is 22.2. The van der Waals surface area contributed by atoms with Gasteiger partial charge in [0.25, 0.3) is 5.91 Å². The van der Waals surface area contributed by atoms with E-state index in [2.05, 4.69) is 5.32 Å². The molecule has 1 aliphatic rings. The van der Waals surface area contributed by atoms with Crippen molar-refractivity contribution in [2.24, 2.45) is 0 Å². The highest BCUT2D eigenvalue weighted by molar-refractivity contribution is 5.89. The molecule has 2 aromatic carbocycles. The maximum Gasteiger partial charge on any atom is 0.331 e. The number of ether oxygens (including phenoxy) is 4. The van der Waals surface area contributed by atoms with E-state index in [0.717, 1.165) is 17.5 Å². The second kappa shape index (κ2) is 10.5. The molecular weight excluding hydrogens is 398 g/mol. The van der Waals surface area contributed by atoms with Crippen LogP contribution in [0.3, 0.4) is 0 Å². The first-order valence-corrected chi connectivity index (χ1v) is 10.2. The van der Waals surface area contributed by atoms with Gasteiger partial charge < -0.3 is 24.3 Å². The number of carbonyl (C=O) groups is 2. The minimum atomic E-state index is -0.618. The Morgan fingerprint density at radius 1 is 1.16 bits per heavy atom. The summed E-state index contributed by atoms with van der Waals surface area (Å²) in [6, 6.07) is 11.3.